The van der Waals surface area contributed by atoms with Crippen LogP contribution in [-0.4, -0.2) is 59.9 Å². The lowest BCUT2D eigenvalue weighted by atomic mass is 10.1. The number of piperazine rings is 1. The van der Waals surface area contributed by atoms with Gasteiger partial charge in [-0.3, -0.25) is 0 Å². The predicted octanol–water partition coefficient (Wildman–Crippen LogP) is 4.25. The number of pyridine rings is 1. The molecule has 0 unspecified atom stereocenters. The van der Waals surface area contributed by atoms with E-state index in [0.717, 1.165) is 55.5 Å². The van der Waals surface area contributed by atoms with Crippen LogP contribution in [0.3, 0.4) is 0 Å². The molecule has 3 aromatic rings. The summed E-state index contributed by atoms with van der Waals surface area (Å²) in [6, 6.07) is 12.3. The Balaban J connectivity index is 1.60. The SMILES string of the molecule is CCN1CCN(c2nc(-c3ccc(OCC(C)(C)O)cc3)cc3sccc23)CC1. The Morgan fingerprint density at radius 3 is 2.48 bits per heavy atom. The van der Waals surface area contributed by atoms with Crippen molar-refractivity contribution in [1.82, 2.24) is 9.88 Å². The fraction of sp³-hybridized carbons (Fsp3) is 0.435. The average molecular weight is 412 g/mol. The van der Waals surface area contributed by atoms with Gasteiger partial charge in [-0.25, -0.2) is 4.98 Å². The number of fused-ring (bicyclic) bond motifs is 1. The van der Waals surface area contributed by atoms with Gasteiger partial charge in [0.05, 0.1) is 11.3 Å². The number of rotatable bonds is 6. The Labute approximate surface area is 176 Å². The van der Waals surface area contributed by atoms with Crippen LogP contribution in [0.4, 0.5) is 5.82 Å². The molecule has 1 aliphatic heterocycles. The number of likely N-dealkylation sites (N-methyl/N-ethyl adjacent to an activating group) is 1. The fourth-order valence-electron chi connectivity index (χ4n) is 3.59. The van der Waals surface area contributed by atoms with E-state index in [1.54, 1.807) is 25.2 Å². The Bertz CT molecular complexity index is 954. The minimum Gasteiger partial charge on any atom is -0.491 e. The smallest absolute Gasteiger partial charge is 0.138 e. The standard InChI is InChI=1S/C23H29N3O2S/c1-4-25-10-12-26(13-11-25)22-19-9-14-29-21(19)15-20(24-22)17-5-7-18(8-6-17)28-16-23(2,3)27/h5-9,14-15,27H,4,10-13,16H2,1-3H3. The minimum atomic E-state index is -0.846. The van der Waals surface area contributed by atoms with E-state index in [1.165, 1.54) is 10.1 Å². The summed E-state index contributed by atoms with van der Waals surface area (Å²) in [6.45, 7) is 11.3. The second kappa shape index (κ2) is 8.30. The van der Waals surface area contributed by atoms with Crippen LogP contribution >= 0.6 is 11.3 Å². The van der Waals surface area contributed by atoms with Crippen molar-refractivity contribution in [3.63, 3.8) is 0 Å². The van der Waals surface area contributed by atoms with Crippen molar-refractivity contribution in [2.75, 3.05) is 44.2 Å². The van der Waals surface area contributed by atoms with Crippen LogP contribution in [0.15, 0.2) is 41.8 Å². The van der Waals surface area contributed by atoms with Gasteiger partial charge in [-0.2, -0.15) is 0 Å². The van der Waals surface area contributed by atoms with Crippen LogP contribution in [0.2, 0.25) is 0 Å². The summed E-state index contributed by atoms with van der Waals surface area (Å²) < 4.78 is 6.95. The molecule has 0 spiro atoms. The van der Waals surface area contributed by atoms with E-state index < -0.39 is 5.60 Å². The Hall–Kier alpha value is -2.15. The molecule has 0 atom stereocenters. The first-order valence-electron chi connectivity index (χ1n) is 10.2. The van der Waals surface area contributed by atoms with E-state index in [0.29, 0.717) is 0 Å². The third kappa shape index (κ3) is 4.71. The van der Waals surface area contributed by atoms with Gasteiger partial charge >= 0.3 is 0 Å². The Morgan fingerprint density at radius 2 is 1.83 bits per heavy atom. The summed E-state index contributed by atoms with van der Waals surface area (Å²) in [5, 5.41) is 13.2. The van der Waals surface area contributed by atoms with E-state index in [-0.39, 0.29) is 6.61 Å². The van der Waals surface area contributed by atoms with Gasteiger partial charge in [0.2, 0.25) is 0 Å². The monoisotopic (exact) mass is 411 g/mol. The van der Waals surface area contributed by atoms with Crippen molar-refractivity contribution < 1.29 is 9.84 Å². The molecular weight excluding hydrogens is 382 g/mol. The summed E-state index contributed by atoms with van der Waals surface area (Å²) in [7, 11) is 0. The summed E-state index contributed by atoms with van der Waals surface area (Å²) in [5.41, 5.74) is 1.22. The average Bonchev–Trinajstić information content (AvgIpc) is 3.20. The second-order valence-corrected chi connectivity index (χ2v) is 9.16. The van der Waals surface area contributed by atoms with Crippen molar-refractivity contribution in [2.45, 2.75) is 26.4 Å². The zero-order chi connectivity index (χ0) is 20.4. The van der Waals surface area contributed by atoms with Crippen molar-refractivity contribution >= 4 is 27.2 Å². The zero-order valence-corrected chi connectivity index (χ0v) is 18.2. The van der Waals surface area contributed by atoms with Crippen LogP contribution < -0.4 is 9.64 Å². The molecule has 1 aliphatic rings. The Morgan fingerprint density at radius 1 is 1.10 bits per heavy atom. The molecule has 0 saturated carbocycles. The van der Waals surface area contributed by atoms with E-state index in [9.17, 15) is 5.11 Å². The van der Waals surface area contributed by atoms with Gasteiger partial charge in [0.25, 0.3) is 0 Å². The first kappa shape index (κ1) is 20.1. The number of anilines is 1. The number of benzene rings is 1. The number of thiophene rings is 1. The molecule has 1 fully saturated rings. The van der Waals surface area contributed by atoms with Crippen LogP contribution in [0.25, 0.3) is 21.3 Å². The molecule has 154 valence electrons. The summed E-state index contributed by atoms with van der Waals surface area (Å²) >= 11 is 1.76. The highest BCUT2D eigenvalue weighted by Crippen LogP contribution is 2.34. The molecule has 29 heavy (non-hydrogen) atoms. The van der Waals surface area contributed by atoms with E-state index in [4.69, 9.17) is 9.72 Å². The molecule has 2 aromatic heterocycles. The van der Waals surface area contributed by atoms with E-state index in [2.05, 4.69) is 34.2 Å². The zero-order valence-electron chi connectivity index (χ0n) is 17.4. The highest BCUT2D eigenvalue weighted by atomic mass is 32.1. The van der Waals surface area contributed by atoms with Crippen molar-refractivity contribution in [2.24, 2.45) is 0 Å². The van der Waals surface area contributed by atoms with Crippen LogP contribution in [-0.2, 0) is 0 Å². The lowest BCUT2D eigenvalue weighted by Crippen LogP contribution is -2.46. The van der Waals surface area contributed by atoms with Gasteiger partial charge in [0.1, 0.15) is 18.2 Å². The normalized spacial score (nSPS) is 15.8. The molecule has 0 amide bonds. The summed E-state index contributed by atoms with van der Waals surface area (Å²) in [5.74, 6) is 1.85. The molecule has 1 aromatic carbocycles. The maximum atomic E-state index is 9.84. The van der Waals surface area contributed by atoms with Gasteiger partial charge in [-0.15, -0.1) is 11.3 Å². The molecule has 3 heterocycles. The molecule has 0 radical (unpaired) electrons. The third-order valence-corrected chi connectivity index (χ3v) is 6.16. The molecule has 1 N–H and O–H groups in total. The topological polar surface area (TPSA) is 48.8 Å². The van der Waals surface area contributed by atoms with Gasteiger partial charge in [-0.05, 0) is 62.2 Å². The number of aromatic nitrogens is 1. The molecule has 0 bridgehead atoms. The van der Waals surface area contributed by atoms with Crippen molar-refractivity contribution in [3.8, 4) is 17.0 Å². The molecule has 1 saturated heterocycles. The van der Waals surface area contributed by atoms with Gasteiger partial charge in [0, 0.05) is 41.8 Å². The Kier molecular flexibility index (Phi) is 5.76. The van der Waals surface area contributed by atoms with Crippen molar-refractivity contribution in [1.29, 1.82) is 0 Å². The first-order chi connectivity index (χ1) is 13.9. The van der Waals surface area contributed by atoms with E-state index in [1.807, 2.05) is 24.3 Å². The number of ether oxygens (including phenoxy) is 1. The highest BCUT2D eigenvalue weighted by Gasteiger charge is 2.20. The maximum Gasteiger partial charge on any atom is 0.138 e. The molecular formula is C23H29N3O2S. The molecule has 4 rings (SSSR count). The summed E-state index contributed by atoms with van der Waals surface area (Å²) in [6.07, 6.45) is 0. The third-order valence-electron chi connectivity index (χ3n) is 5.29. The lowest BCUT2D eigenvalue weighted by molar-refractivity contribution is 0.0285. The van der Waals surface area contributed by atoms with E-state index >= 15 is 0 Å². The van der Waals surface area contributed by atoms with Gasteiger partial charge < -0.3 is 19.6 Å². The van der Waals surface area contributed by atoms with Crippen LogP contribution in [0, 0.1) is 0 Å². The van der Waals surface area contributed by atoms with Crippen LogP contribution in [0.5, 0.6) is 5.75 Å². The highest BCUT2D eigenvalue weighted by molar-refractivity contribution is 7.17. The van der Waals surface area contributed by atoms with Gasteiger partial charge in [-0.1, -0.05) is 6.92 Å². The van der Waals surface area contributed by atoms with Gasteiger partial charge in [0.15, 0.2) is 0 Å². The first-order valence-corrected chi connectivity index (χ1v) is 11.1. The van der Waals surface area contributed by atoms with Crippen molar-refractivity contribution in [3.05, 3.63) is 41.8 Å². The largest absolute Gasteiger partial charge is 0.491 e. The lowest BCUT2D eigenvalue weighted by Gasteiger charge is -2.35. The number of aliphatic hydroxyl groups is 1. The molecule has 5 nitrogen and oxygen atoms in total. The predicted molar refractivity (Wildman–Crippen MR) is 121 cm³/mol. The quantitative estimate of drug-likeness (QED) is 0.657. The molecule has 0 aliphatic carbocycles. The number of nitrogens with zero attached hydrogens (tertiary/aromatic N) is 3. The minimum absolute atomic E-state index is 0.264. The number of hydrogen-bond acceptors (Lipinski definition) is 6. The molecule has 6 heteroatoms. The summed E-state index contributed by atoms with van der Waals surface area (Å²) in [4.78, 5) is 9.97. The van der Waals surface area contributed by atoms with Crippen LogP contribution in [0.1, 0.15) is 20.8 Å². The number of hydrogen-bond donors (Lipinski definition) is 1. The maximum absolute atomic E-state index is 9.84. The fourth-order valence-corrected chi connectivity index (χ4v) is 4.41. The second-order valence-electron chi connectivity index (χ2n) is 8.21.